The van der Waals surface area contributed by atoms with Crippen LogP contribution in [0.25, 0.3) is 11.4 Å². The van der Waals surface area contributed by atoms with Gasteiger partial charge in [-0.2, -0.15) is 0 Å². The summed E-state index contributed by atoms with van der Waals surface area (Å²) < 4.78 is 37.0. The summed E-state index contributed by atoms with van der Waals surface area (Å²) in [5.74, 6) is 3.13. The molecule has 0 N–H and O–H groups in total. The number of rotatable bonds is 6. The zero-order chi connectivity index (χ0) is 29.1. The van der Waals surface area contributed by atoms with Crippen molar-refractivity contribution in [2.45, 2.75) is 79.1 Å². The van der Waals surface area contributed by atoms with Gasteiger partial charge >= 0.3 is 248 Å². The predicted molar refractivity (Wildman–Crippen MR) is 158 cm³/mol. The molecule has 0 saturated carbocycles. The van der Waals surface area contributed by atoms with E-state index < -0.39 is 30.9 Å². The summed E-state index contributed by atoms with van der Waals surface area (Å²) in [6.07, 6.45) is 4.33. The molecule has 1 heterocycles. The minimum atomic E-state index is -0.753. The van der Waals surface area contributed by atoms with Crippen molar-refractivity contribution >= 4 is 0 Å². The Hall–Kier alpha value is -2.97. The van der Waals surface area contributed by atoms with Crippen molar-refractivity contribution in [2.75, 3.05) is 0 Å². The second-order valence-electron chi connectivity index (χ2n) is 11.4. The average Bonchev–Trinajstić information content (AvgIpc) is 3.31. The standard InChI is InChI=1S/C27H36N2.C8H3F2.Au/c1-18(2)22-11-9-12-23(19(3)4)26(22)28-15-16-29(17-28)27-24(20(5)6)13-10-14-25(27)21(7)8;1-2-6-3-4-7(9)5-8(6)10;/h9-16,18-21H,1-8H3;3-5H;. The molecule has 4 rings (SSSR count). The monoisotopic (exact) mass is 722 g/mol. The summed E-state index contributed by atoms with van der Waals surface area (Å²) in [6.45, 7) is 17.9. The molecule has 0 saturated heterocycles. The molecular formula is C35H39AuF2N2. The molecule has 3 aromatic carbocycles. The zero-order valence-electron chi connectivity index (χ0n) is 24.6. The Bertz CT molecular complexity index is 1510. The van der Waals surface area contributed by atoms with Gasteiger partial charge in [-0.25, -0.2) is 0 Å². The van der Waals surface area contributed by atoms with E-state index in [-0.39, 0.29) is 5.56 Å². The third kappa shape index (κ3) is 6.18. The van der Waals surface area contributed by atoms with E-state index in [1.807, 2.05) is 0 Å². The van der Waals surface area contributed by atoms with Crippen LogP contribution >= 0.6 is 0 Å². The van der Waals surface area contributed by atoms with Crippen LogP contribution in [-0.2, 0) is 19.3 Å². The molecule has 0 bridgehead atoms. The first-order chi connectivity index (χ1) is 19.0. The molecule has 214 valence electrons. The molecule has 40 heavy (non-hydrogen) atoms. The van der Waals surface area contributed by atoms with Crippen molar-refractivity contribution in [1.29, 1.82) is 0 Å². The van der Waals surface area contributed by atoms with Crippen molar-refractivity contribution in [3.63, 3.8) is 0 Å². The fourth-order valence-corrected chi connectivity index (χ4v) is 7.01. The summed E-state index contributed by atoms with van der Waals surface area (Å²) in [5, 5.41) is 0. The number of halogens is 2. The Morgan fingerprint density at radius 3 is 1.43 bits per heavy atom. The van der Waals surface area contributed by atoms with E-state index in [2.05, 4.69) is 123 Å². The van der Waals surface area contributed by atoms with Crippen LogP contribution in [0.5, 0.6) is 0 Å². The van der Waals surface area contributed by atoms with Crippen LogP contribution in [-0.4, -0.2) is 9.13 Å². The van der Waals surface area contributed by atoms with Crippen molar-refractivity contribution < 1.29 is 28.1 Å². The first kappa shape index (κ1) is 30.0. The van der Waals surface area contributed by atoms with Crippen LogP contribution in [0.1, 0.15) is 107 Å². The van der Waals surface area contributed by atoms with Crippen molar-refractivity contribution in [3.05, 3.63) is 110 Å². The molecule has 1 aromatic heterocycles. The van der Waals surface area contributed by atoms with Gasteiger partial charge in [0.1, 0.15) is 0 Å². The third-order valence-electron chi connectivity index (χ3n) is 7.10. The van der Waals surface area contributed by atoms with Gasteiger partial charge < -0.3 is 0 Å². The number of hydrogen-bond donors (Lipinski definition) is 0. The molecular weight excluding hydrogens is 683 g/mol. The number of nitrogens with zero attached hydrogens (tertiary/aromatic N) is 2. The average molecular weight is 723 g/mol. The molecule has 0 unspecified atom stereocenters. The molecule has 0 aliphatic carbocycles. The molecule has 5 heteroatoms. The summed E-state index contributed by atoms with van der Waals surface area (Å²) in [6, 6.07) is 16.8. The second-order valence-corrected chi connectivity index (χ2v) is 13.4. The molecule has 0 spiro atoms. The molecule has 0 aliphatic heterocycles. The summed E-state index contributed by atoms with van der Waals surface area (Å²) in [7, 11) is 0. The molecule has 0 atom stereocenters. The van der Waals surface area contributed by atoms with Gasteiger partial charge in [0.2, 0.25) is 0 Å². The Labute approximate surface area is 246 Å². The Kier molecular flexibility index (Phi) is 9.52. The van der Waals surface area contributed by atoms with E-state index in [1.54, 1.807) is 0 Å². The maximum absolute atomic E-state index is 14.4. The van der Waals surface area contributed by atoms with Crippen LogP contribution in [0, 0.1) is 25.3 Å². The van der Waals surface area contributed by atoms with Crippen LogP contribution in [0.4, 0.5) is 8.78 Å². The molecule has 0 fully saturated rings. The van der Waals surface area contributed by atoms with Gasteiger partial charge in [-0.3, -0.25) is 0 Å². The fourth-order valence-electron chi connectivity index (χ4n) is 5.01. The van der Waals surface area contributed by atoms with Crippen LogP contribution in [0.3, 0.4) is 0 Å². The number of benzene rings is 3. The zero-order valence-corrected chi connectivity index (χ0v) is 26.8. The Morgan fingerprint density at radius 1 is 0.625 bits per heavy atom. The quantitative estimate of drug-likeness (QED) is 0.139. The topological polar surface area (TPSA) is 9.86 Å². The summed E-state index contributed by atoms with van der Waals surface area (Å²) in [5.41, 5.74) is 7.79. The van der Waals surface area contributed by atoms with Crippen LogP contribution in [0.2, 0.25) is 0 Å². The van der Waals surface area contributed by atoms with Crippen molar-refractivity contribution in [1.82, 2.24) is 9.13 Å². The predicted octanol–water partition coefficient (Wildman–Crippen LogP) is 9.66. The van der Waals surface area contributed by atoms with E-state index in [0.29, 0.717) is 23.7 Å². The van der Waals surface area contributed by atoms with E-state index in [0.717, 1.165) is 9.70 Å². The van der Waals surface area contributed by atoms with E-state index in [9.17, 15) is 8.78 Å². The van der Waals surface area contributed by atoms with Crippen molar-refractivity contribution in [2.24, 2.45) is 0 Å². The van der Waals surface area contributed by atoms with Crippen LogP contribution in [0.15, 0.2) is 67.0 Å². The van der Waals surface area contributed by atoms with Gasteiger partial charge in [0.25, 0.3) is 0 Å². The van der Waals surface area contributed by atoms with Gasteiger partial charge in [-0.15, -0.1) is 0 Å². The number of imidazole rings is 1. The normalized spacial score (nSPS) is 11.7. The molecule has 0 amide bonds. The fraction of sp³-hybridized carbons (Fsp3) is 0.343. The van der Waals surface area contributed by atoms with E-state index in [1.165, 1.54) is 45.8 Å². The van der Waals surface area contributed by atoms with E-state index in [4.69, 9.17) is 0 Å². The minimum absolute atomic E-state index is 0.221. The maximum atomic E-state index is 14.4. The van der Waals surface area contributed by atoms with Gasteiger partial charge in [-0.1, -0.05) is 0 Å². The third-order valence-corrected chi connectivity index (χ3v) is 9.17. The Balaban J connectivity index is 2.11. The number of hydrogen-bond acceptors (Lipinski definition) is 0. The molecule has 2 nitrogen and oxygen atoms in total. The Morgan fingerprint density at radius 2 is 1.05 bits per heavy atom. The van der Waals surface area contributed by atoms with E-state index >= 15 is 0 Å². The first-order valence-electron chi connectivity index (χ1n) is 13.9. The second kappa shape index (κ2) is 12.7. The number of aromatic nitrogens is 2. The van der Waals surface area contributed by atoms with Gasteiger partial charge in [0, 0.05) is 0 Å². The van der Waals surface area contributed by atoms with Crippen LogP contribution < -0.4 is 0 Å². The van der Waals surface area contributed by atoms with Gasteiger partial charge in [0.15, 0.2) is 0 Å². The first-order valence-corrected chi connectivity index (χ1v) is 16.1. The molecule has 0 radical (unpaired) electrons. The summed E-state index contributed by atoms with van der Waals surface area (Å²) >= 11 is -0.753. The number of para-hydroxylation sites is 2. The van der Waals surface area contributed by atoms with Gasteiger partial charge in [-0.05, 0) is 0 Å². The molecule has 4 aromatic rings. The van der Waals surface area contributed by atoms with Gasteiger partial charge in [0.05, 0.1) is 0 Å². The molecule has 0 aliphatic rings. The van der Waals surface area contributed by atoms with Crippen molar-refractivity contribution in [3.8, 4) is 21.4 Å². The SMILES string of the molecule is CC(C)c1cccc(C(C)C)c1-n1ccn(-c2c(C(C)C)cccc2C(C)C)[c]1=[Au][C]#Cc1ccc(F)cc1F. The summed E-state index contributed by atoms with van der Waals surface area (Å²) in [4.78, 5) is 0.